The van der Waals surface area contributed by atoms with Gasteiger partial charge in [-0.1, -0.05) is 37.6 Å². The Kier molecular flexibility index (Phi) is 5.24. The fourth-order valence-electron chi connectivity index (χ4n) is 2.96. The van der Waals surface area contributed by atoms with Gasteiger partial charge in [0, 0.05) is 22.1 Å². The maximum atomic E-state index is 10.5. The van der Waals surface area contributed by atoms with Crippen molar-refractivity contribution in [3.8, 4) is 11.5 Å². The summed E-state index contributed by atoms with van der Waals surface area (Å²) in [5.74, 6) is 0.205. The van der Waals surface area contributed by atoms with E-state index in [1.807, 2.05) is 39.8 Å². The van der Waals surface area contributed by atoms with E-state index in [0.29, 0.717) is 22.3 Å². The van der Waals surface area contributed by atoms with Crippen LogP contribution < -0.4 is 0 Å². The number of rotatable bonds is 4. The van der Waals surface area contributed by atoms with Gasteiger partial charge in [-0.3, -0.25) is 0 Å². The van der Waals surface area contributed by atoms with Crippen molar-refractivity contribution in [2.24, 2.45) is 0 Å². The molecule has 0 aliphatic carbocycles. The van der Waals surface area contributed by atoms with E-state index in [-0.39, 0.29) is 18.1 Å². The Bertz CT molecular complexity index is 564. The van der Waals surface area contributed by atoms with E-state index < -0.39 is 5.41 Å². The molecule has 0 atom stereocenters. The maximum Gasteiger partial charge on any atom is 0.124 e. The minimum Gasteiger partial charge on any atom is -0.507 e. The van der Waals surface area contributed by atoms with E-state index in [9.17, 15) is 15.3 Å². The molecule has 3 nitrogen and oxygen atoms in total. The van der Waals surface area contributed by atoms with Gasteiger partial charge in [-0.2, -0.15) is 0 Å². The van der Waals surface area contributed by atoms with Gasteiger partial charge in [-0.05, 0) is 33.3 Å². The number of aromatic hydroxyl groups is 2. The molecule has 0 amide bonds. The van der Waals surface area contributed by atoms with Gasteiger partial charge >= 0.3 is 0 Å². The molecule has 0 unspecified atom stereocenters. The Hall–Kier alpha value is -1.74. The largest absolute Gasteiger partial charge is 0.507 e. The molecule has 1 rings (SSSR count). The summed E-state index contributed by atoms with van der Waals surface area (Å²) in [4.78, 5) is 0. The van der Waals surface area contributed by atoms with Crippen LogP contribution in [0.2, 0.25) is 0 Å². The predicted molar refractivity (Wildman–Crippen MR) is 86.8 cm³/mol. The van der Waals surface area contributed by atoms with Gasteiger partial charge in [0.1, 0.15) is 11.5 Å². The van der Waals surface area contributed by atoms with Crippen LogP contribution >= 0.6 is 0 Å². The molecule has 0 spiro atoms. The third-order valence-electron chi connectivity index (χ3n) is 3.88. The molecule has 116 valence electrons. The summed E-state index contributed by atoms with van der Waals surface area (Å²) in [5.41, 5.74) is 2.87. The molecule has 0 heterocycles. The number of aliphatic hydroxyl groups is 1. The lowest BCUT2D eigenvalue weighted by molar-refractivity contribution is 0.273. The van der Waals surface area contributed by atoms with E-state index in [1.54, 1.807) is 13.8 Å². The lowest BCUT2D eigenvalue weighted by atomic mass is 9.78. The Balaban J connectivity index is 3.61. The van der Waals surface area contributed by atoms with Gasteiger partial charge in [0.25, 0.3) is 0 Å². The summed E-state index contributed by atoms with van der Waals surface area (Å²) in [6.07, 6.45) is 6.03. The SMILES string of the molecule is CC=C/C(C)=C/C(C)(C)c1c(C)c(O)c(CO)c(C)c1O. The zero-order valence-electron chi connectivity index (χ0n) is 13.8. The first-order valence-electron chi connectivity index (χ1n) is 7.14. The number of benzene rings is 1. The van der Waals surface area contributed by atoms with Gasteiger partial charge in [-0.25, -0.2) is 0 Å². The molecular weight excluding hydrogens is 264 g/mol. The molecule has 0 aliphatic heterocycles. The van der Waals surface area contributed by atoms with Crippen molar-refractivity contribution in [2.45, 2.75) is 53.6 Å². The second-order valence-corrected chi connectivity index (χ2v) is 6.07. The van der Waals surface area contributed by atoms with Crippen LogP contribution in [-0.2, 0) is 12.0 Å². The quantitative estimate of drug-likeness (QED) is 0.580. The first-order chi connectivity index (χ1) is 9.67. The molecular formula is C18H26O3. The third kappa shape index (κ3) is 3.30. The van der Waals surface area contributed by atoms with Gasteiger partial charge in [0.2, 0.25) is 0 Å². The van der Waals surface area contributed by atoms with Gasteiger partial charge in [-0.15, -0.1) is 0 Å². The Morgan fingerprint density at radius 3 is 2.14 bits per heavy atom. The summed E-state index contributed by atoms with van der Waals surface area (Å²) >= 11 is 0. The van der Waals surface area contributed by atoms with Gasteiger partial charge < -0.3 is 15.3 Å². The predicted octanol–water partition coefficient (Wildman–Crippen LogP) is 4.01. The molecule has 3 heteroatoms. The van der Waals surface area contributed by atoms with Gasteiger partial charge in [0.15, 0.2) is 0 Å². The van der Waals surface area contributed by atoms with Crippen molar-refractivity contribution in [1.29, 1.82) is 0 Å². The fraction of sp³-hybridized carbons (Fsp3) is 0.444. The Morgan fingerprint density at radius 2 is 1.67 bits per heavy atom. The van der Waals surface area contributed by atoms with Crippen LogP contribution in [0.15, 0.2) is 23.8 Å². The number of allylic oxidation sites excluding steroid dienone is 4. The molecule has 21 heavy (non-hydrogen) atoms. The number of phenolic OH excluding ortho intramolecular Hbond substituents is 1. The second-order valence-electron chi connectivity index (χ2n) is 6.07. The zero-order chi connectivity index (χ0) is 16.4. The number of phenols is 2. The van der Waals surface area contributed by atoms with Crippen molar-refractivity contribution in [3.63, 3.8) is 0 Å². The highest BCUT2D eigenvalue weighted by atomic mass is 16.3. The molecule has 1 aromatic rings. The molecule has 0 aromatic heterocycles. The van der Waals surface area contributed by atoms with Crippen molar-refractivity contribution in [1.82, 2.24) is 0 Å². The highest BCUT2D eigenvalue weighted by Gasteiger charge is 2.28. The van der Waals surface area contributed by atoms with Crippen molar-refractivity contribution in [2.75, 3.05) is 0 Å². The minimum atomic E-state index is -0.437. The standard InChI is InChI=1S/C18H26O3/c1-7-8-11(2)9-18(5,6)15-13(4)16(20)14(10-19)12(3)17(15)21/h7-9,19-21H,10H2,1-6H3/b8-7?,11-9+. The second kappa shape index (κ2) is 6.35. The van der Waals surface area contributed by atoms with E-state index >= 15 is 0 Å². The number of aliphatic hydroxyl groups excluding tert-OH is 1. The number of hydrogen-bond donors (Lipinski definition) is 3. The van der Waals surface area contributed by atoms with E-state index in [0.717, 1.165) is 5.57 Å². The lowest BCUT2D eigenvalue weighted by Gasteiger charge is -2.28. The summed E-state index contributed by atoms with van der Waals surface area (Å²) in [7, 11) is 0. The van der Waals surface area contributed by atoms with E-state index in [4.69, 9.17) is 0 Å². The Labute approximate surface area is 127 Å². The van der Waals surface area contributed by atoms with Crippen molar-refractivity contribution >= 4 is 0 Å². The third-order valence-corrected chi connectivity index (χ3v) is 3.88. The monoisotopic (exact) mass is 290 g/mol. The topological polar surface area (TPSA) is 60.7 Å². The minimum absolute atomic E-state index is 0.0629. The maximum absolute atomic E-state index is 10.5. The molecule has 1 aromatic carbocycles. The molecule has 3 N–H and O–H groups in total. The molecule has 0 bridgehead atoms. The molecule has 0 saturated carbocycles. The van der Waals surface area contributed by atoms with Crippen LogP contribution in [0.4, 0.5) is 0 Å². The van der Waals surface area contributed by atoms with Crippen LogP contribution in [0.3, 0.4) is 0 Å². The molecule has 0 aliphatic rings. The average molecular weight is 290 g/mol. The number of hydrogen-bond acceptors (Lipinski definition) is 3. The first kappa shape index (κ1) is 17.3. The summed E-state index contributed by atoms with van der Waals surface area (Å²) < 4.78 is 0. The lowest BCUT2D eigenvalue weighted by Crippen LogP contribution is -2.17. The van der Waals surface area contributed by atoms with Crippen LogP contribution in [0, 0.1) is 13.8 Å². The smallest absolute Gasteiger partial charge is 0.124 e. The van der Waals surface area contributed by atoms with Gasteiger partial charge in [0.05, 0.1) is 6.61 Å². The van der Waals surface area contributed by atoms with Crippen molar-refractivity contribution in [3.05, 3.63) is 46.1 Å². The van der Waals surface area contributed by atoms with E-state index in [1.165, 1.54) is 0 Å². The van der Waals surface area contributed by atoms with Crippen LogP contribution in [-0.4, -0.2) is 15.3 Å². The van der Waals surface area contributed by atoms with Crippen molar-refractivity contribution < 1.29 is 15.3 Å². The highest BCUT2D eigenvalue weighted by Crippen LogP contribution is 2.43. The first-order valence-corrected chi connectivity index (χ1v) is 7.14. The fourth-order valence-corrected chi connectivity index (χ4v) is 2.96. The zero-order valence-corrected chi connectivity index (χ0v) is 13.8. The van der Waals surface area contributed by atoms with Crippen LogP contribution in [0.5, 0.6) is 11.5 Å². The van der Waals surface area contributed by atoms with Crippen LogP contribution in [0.25, 0.3) is 0 Å². The molecule has 0 radical (unpaired) electrons. The van der Waals surface area contributed by atoms with Crippen LogP contribution in [0.1, 0.15) is 49.9 Å². The molecule has 0 saturated heterocycles. The van der Waals surface area contributed by atoms with E-state index in [2.05, 4.69) is 6.08 Å². The summed E-state index contributed by atoms with van der Waals surface area (Å²) in [6.45, 7) is 11.1. The molecule has 0 fully saturated rings. The summed E-state index contributed by atoms with van der Waals surface area (Å²) in [5, 5.41) is 30.2. The highest BCUT2D eigenvalue weighted by molar-refractivity contribution is 5.60. The summed E-state index contributed by atoms with van der Waals surface area (Å²) in [6, 6.07) is 0. The normalized spacial score (nSPS) is 13.2. The Morgan fingerprint density at radius 1 is 1.10 bits per heavy atom. The average Bonchev–Trinajstić information content (AvgIpc) is 2.36.